The Labute approximate surface area is 78.4 Å². The molecule has 1 aromatic carbocycles. The van der Waals surface area contributed by atoms with Gasteiger partial charge in [-0.15, -0.1) is 0 Å². The van der Waals surface area contributed by atoms with Crippen LogP contribution in [0.1, 0.15) is 12.5 Å². The topological polar surface area (TPSA) is 72.3 Å². The van der Waals surface area contributed by atoms with E-state index in [0.717, 1.165) is 5.56 Å². The molecule has 0 aromatic heterocycles. The number of nitrogens with two attached hydrogens (primary N) is 2. The van der Waals surface area contributed by atoms with Crippen LogP contribution in [-0.2, 0) is 6.42 Å². The lowest BCUT2D eigenvalue weighted by Crippen LogP contribution is -2.40. The maximum atomic E-state index is 9.44. The first-order valence-corrected chi connectivity index (χ1v) is 4.39. The molecular weight excluding hydrogens is 164 g/mol. The van der Waals surface area contributed by atoms with Gasteiger partial charge in [0.1, 0.15) is 5.75 Å². The van der Waals surface area contributed by atoms with E-state index in [1.54, 1.807) is 12.1 Å². The molecule has 0 radical (unpaired) electrons. The van der Waals surface area contributed by atoms with Crippen molar-refractivity contribution in [2.75, 3.05) is 0 Å². The number of hydrogen-bond acceptors (Lipinski definition) is 3. The van der Waals surface area contributed by atoms with Gasteiger partial charge in [-0.1, -0.05) is 18.2 Å². The minimum absolute atomic E-state index is 0.0559. The molecule has 0 amide bonds. The van der Waals surface area contributed by atoms with Crippen molar-refractivity contribution in [1.82, 2.24) is 0 Å². The molecule has 0 aliphatic heterocycles. The van der Waals surface area contributed by atoms with Crippen molar-refractivity contribution in [3.63, 3.8) is 0 Å². The summed E-state index contributed by atoms with van der Waals surface area (Å²) >= 11 is 0. The number of rotatable bonds is 3. The molecule has 2 unspecified atom stereocenters. The molecule has 5 N–H and O–H groups in total. The summed E-state index contributed by atoms with van der Waals surface area (Å²) in [5.74, 6) is 0.290. The van der Waals surface area contributed by atoms with E-state index in [4.69, 9.17) is 11.5 Å². The summed E-state index contributed by atoms with van der Waals surface area (Å²) in [6, 6.07) is 7.02. The summed E-state index contributed by atoms with van der Waals surface area (Å²) in [7, 11) is 0. The first-order chi connectivity index (χ1) is 6.11. The second kappa shape index (κ2) is 4.25. The monoisotopic (exact) mass is 180 g/mol. The second-order valence-corrected chi connectivity index (χ2v) is 3.36. The highest BCUT2D eigenvalue weighted by Gasteiger charge is 2.10. The molecule has 0 bridgehead atoms. The third kappa shape index (κ3) is 2.72. The quantitative estimate of drug-likeness (QED) is 0.638. The number of aromatic hydroxyl groups is 1. The summed E-state index contributed by atoms with van der Waals surface area (Å²) in [5.41, 5.74) is 12.3. The summed E-state index contributed by atoms with van der Waals surface area (Å²) in [4.78, 5) is 0. The van der Waals surface area contributed by atoms with Gasteiger partial charge in [-0.05, 0) is 25.0 Å². The average molecular weight is 180 g/mol. The Morgan fingerprint density at radius 2 is 1.92 bits per heavy atom. The third-order valence-corrected chi connectivity index (χ3v) is 2.12. The summed E-state index contributed by atoms with van der Waals surface area (Å²) < 4.78 is 0. The van der Waals surface area contributed by atoms with E-state index in [-0.39, 0.29) is 12.1 Å². The molecule has 0 spiro atoms. The summed E-state index contributed by atoms with van der Waals surface area (Å²) in [5, 5.41) is 9.44. The Morgan fingerprint density at radius 1 is 1.31 bits per heavy atom. The fourth-order valence-corrected chi connectivity index (χ4v) is 1.12. The summed E-state index contributed by atoms with van der Waals surface area (Å²) in [6.45, 7) is 1.87. The number of phenols is 1. The Kier molecular flexibility index (Phi) is 3.28. The van der Waals surface area contributed by atoms with Crippen molar-refractivity contribution in [3.05, 3.63) is 29.8 Å². The molecule has 13 heavy (non-hydrogen) atoms. The van der Waals surface area contributed by atoms with Gasteiger partial charge in [-0.2, -0.15) is 0 Å². The molecule has 2 atom stereocenters. The maximum Gasteiger partial charge on any atom is 0.118 e. The minimum Gasteiger partial charge on any atom is -0.508 e. The van der Waals surface area contributed by atoms with Crippen LogP contribution in [0.25, 0.3) is 0 Å². The molecule has 0 saturated heterocycles. The lowest BCUT2D eigenvalue weighted by atomic mass is 10.0. The molecule has 0 saturated carbocycles. The van der Waals surface area contributed by atoms with E-state index in [1.807, 2.05) is 19.1 Å². The Morgan fingerprint density at radius 3 is 2.46 bits per heavy atom. The van der Waals surface area contributed by atoms with Gasteiger partial charge in [0, 0.05) is 12.1 Å². The van der Waals surface area contributed by atoms with Crippen LogP contribution in [0, 0.1) is 0 Å². The zero-order valence-electron chi connectivity index (χ0n) is 7.77. The summed E-state index contributed by atoms with van der Waals surface area (Å²) in [6.07, 6.45) is 0.615. The smallest absolute Gasteiger partial charge is 0.118 e. The molecule has 0 aliphatic carbocycles. The lowest BCUT2D eigenvalue weighted by molar-refractivity contribution is 0.460. The number of hydrogen-bond donors (Lipinski definition) is 3. The third-order valence-electron chi connectivity index (χ3n) is 2.12. The molecular formula is C10H16N2O. The molecule has 1 aromatic rings. The lowest BCUT2D eigenvalue weighted by Gasteiger charge is -2.15. The van der Waals surface area contributed by atoms with Crippen molar-refractivity contribution in [1.29, 1.82) is 0 Å². The van der Waals surface area contributed by atoms with E-state index >= 15 is 0 Å². The zero-order valence-corrected chi connectivity index (χ0v) is 7.77. The first-order valence-electron chi connectivity index (χ1n) is 4.39. The number of benzene rings is 1. The molecule has 0 heterocycles. The van der Waals surface area contributed by atoms with Crippen LogP contribution in [0.4, 0.5) is 0 Å². The molecule has 1 rings (SSSR count). The molecule has 3 nitrogen and oxygen atoms in total. The fourth-order valence-electron chi connectivity index (χ4n) is 1.12. The average Bonchev–Trinajstić information content (AvgIpc) is 2.08. The molecule has 3 heteroatoms. The van der Waals surface area contributed by atoms with Crippen molar-refractivity contribution in [3.8, 4) is 5.75 Å². The minimum atomic E-state index is -0.103. The normalized spacial score (nSPS) is 15.3. The molecule has 72 valence electrons. The standard InChI is InChI=1S/C10H16N2O/c1-7(11)9(12)6-8-4-2-3-5-10(8)13/h2-5,7,9,13H,6,11-12H2,1H3. The van der Waals surface area contributed by atoms with Crippen LogP contribution >= 0.6 is 0 Å². The van der Waals surface area contributed by atoms with Gasteiger partial charge < -0.3 is 16.6 Å². The van der Waals surface area contributed by atoms with E-state index < -0.39 is 0 Å². The van der Waals surface area contributed by atoms with Crippen LogP contribution in [0.15, 0.2) is 24.3 Å². The number of para-hydroxylation sites is 1. The van der Waals surface area contributed by atoms with Crippen LogP contribution in [0.5, 0.6) is 5.75 Å². The zero-order chi connectivity index (χ0) is 9.84. The predicted octanol–water partition coefficient (Wildman–Crippen LogP) is 0.609. The molecule has 0 aliphatic rings. The highest BCUT2D eigenvalue weighted by molar-refractivity contribution is 5.32. The molecule has 0 fully saturated rings. The fraction of sp³-hybridized carbons (Fsp3) is 0.400. The van der Waals surface area contributed by atoms with Gasteiger partial charge in [0.2, 0.25) is 0 Å². The second-order valence-electron chi connectivity index (χ2n) is 3.36. The van der Waals surface area contributed by atoms with Crippen molar-refractivity contribution in [2.24, 2.45) is 11.5 Å². The van der Waals surface area contributed by atoms with Gasteiger partial charge in [0.25, 0.3) is 0 Å². The largest absolute Gasteiger partial charge is 0.508 e. The van der Waals surface area contributed by atoms with Crippen LogP contribution in [0.3, 0.4) is 0 Å². The highest BCUT2D eigenvalue weighted by Crippen LogP contribution is 2.17. The SMILES string of the molecule is CC(N)C(N)Cc1ccccc1O. The van der Waals surface area contributed by atoms with Gasteiger partial charge in [0.05, 0.1) is 0 Å². The van der Waals surface area contributed by atoms with E-state index in [9.17, 15) is 5.11 Å². The van der Waals surface area contributed by atoms with E-state index in [1.165, 1.54) is 0 Å². The Balaban J connectivity index is 2.69. The van der Waals surface area contributed by atoms with Crippen LogP contribution < -0.4 is 11.5 Å². The highest BCUT2D eigenvalue weighted by atomic mass is 16.3. The maximum absolute atomic E-state index is 9.44. The predicted molar refractivity (Wildman–Crippen MR) is 53.4 cm³/mol. The van der Waals surface area contributed by atoms with Gasteiger partial charge in [0.15, 0.2) is 0 Å². The van der Waals surface area contributed by atoms with Crippen molar-refractivity contribution in [2.45, 2.75) is 25.4 Å². The Hall–Kier alpha value is -1.06. The van der Waals surface area contributed by atoms with Gasteiger partial charge in [-0.25, -0.2) is 0 Å². The van der Waals surface area contributed by atoms with Crippen molar-refractivity contribution >= 4 is 0 Å². The van der Waals surface area contributed by atoms with Crippen LogP contribution in [0.2, 0.25) is 0 Å². The van der Waals surface area contributed by atoms with E-state index in [0.29, 0.717) is 12.2 Å². The number of phenolic OH excluding ortho intramolecular Hbond substituents is 1. The first kappa shape index (κ1) is 10.0. The van der Waals surface area contributed by atoms with Gasteiger partial charge in [-0.3, -0.25) is 0 Å². The van der Waals surface area contributed by atoms with E-state index in [2.05, 4.69) is 0 Å². The van der Waals surface area contributed by atoms with Crippen molar-refractivity contribution < 1.29 is 5.11 Å². The Bertz CT molecular complexity index is 273. The van der Waals surface area contributed by atoms with Crippen LogP contribution in [-0.4, -0.2) is 17.2 Å². The van der Waals surface area contributed by atoms with Gasteiger partial charge >= 0.3 is 0 Å².